The lowest BCUT2D eigenvalue weighted by atomic mass is 9.96. The molecule has 0 radical (unpaired) electrons. The molecule has 1 unspecified atom stereocenters. The molecule has 35 heavy (non-hydrogen) atoms. The Labute approximate surface area is 203 Å². The van der Waals surface area contributed by atoms with Crippen molar-refractivity contribution >= 4 is 0 Å². The predicted octanol–water partition coefficient (Wildman–Crippen LogP) is 7.76. The number of aliphatic hydroxyl groups is 1. The van der Waals surface area contributed by atoms with Gasteiger partial charge < -0.3 is 10.2 Å². The molecule has 0 saturated heterocycles. The molecule has 5 heteroatoms. The fourth-order valence-electron chi connectivity index (χ4n) is 4.19. The van der Waals surface area contributed by atoms with Gasteiger partial charge in [0.05, 0.1) is 6.10 Å². The molecule has 0 amide bonds. The van der Waals surface area contributed by atoms with Crippen molar-refractivity contribution in [1.29, 1.82) is 0 Å². The highest BCUT2D eigenvalue weighted by Crippen LogP contribution is 2.32. The third kappa shape index (κ3) is 5.57. The number of benzene rings is 4. The van der Waals surface area contributed by atoms with Gasteiger partial charge in [0.15, 0.2) is 11.6 Å². The zero-order valence-corrected chi connectivity index (χ0v) is 19.4. The van der Waals surface area contributed by atoms with Gasteiger partial charge in [-0.2, -0.15) is 0 Å². The summed E-state index contributed by atoms with van der Waals surface area (Å²) in [6.45, 7) is 1.99. The minimum absolute atomic E-state index is 0.112. The number of hydrogen-bond donors (Lipinski definition) is 2. The first-order valence-electron chi connectivity index (χ1n) is 11.7. The van der Waals surface area contributed by atoms with Gasteiger partial charge in [-0.1, -0.05) is 80.1 Å². The van der Waals surface area contributed by atoms with Gasteiger partial charge in [0.25, 0.3) is 0 Å². The standard InChI is InChI=1S/C30H27F3O2/c1-2-3-28(35)23-12-10-21(11-13-23)26-17-16-25(29(32)30(26)33)20-7-4-19(5-8-20)6-9-22-14-15-24(34)18-27(22)31/h4-5,7-8,10-18,28,34-35H,2-3,6,9H2,1H3. The molecular weight excluding hydrogens is 449 g/mol. The molecular formula is C30H27F3O2. The second kappa shape index (κ2) is 10.8. The maximum Gasteiger partial charge on any atom is 0.167 e. The summed E-state index contributed by atoms with van der Waals surface area (Å²) in [5.41, 5.74) is 3.60. The number of rotatable bonds is 8. The van der Waals surface area contributed by atoms with Crippen LogP contribution in [0.3, 0.4) is 0 Å². The number of hydrogen-bond acceptors (Lipinski definition) is 2. The minimum atomic E-state index is -0.920. The van der Waals surface area contributed by atoms with E-state index in [1.54, 1.807) is 54.6 Å². The number of aliphatic hydroxyl groups excluding tert-OH is 1. The summed E-state index contributed by atoms with van der Waals surface area (Å²) in [6.07, 6.45) is 1.95. The van der Waals surface area contributed by atoms with Crippen LogP contribution in [0.1, 0.15) is 42.6 Å². The van der Waals surface area contributed by atoms with Crippen molar-refractivity contribution in [2.24, 2.45) is 0 Å². The summed E-state index contributed by atoms with van der Waals surface area (Å²) >= 11 is 0. The highest BCUT2D eigenvalue weighted by atomic mass is 19.2. The Morgan fingerprint density at radius 3 is 1.83 bits per heavy atom. The first-order valence-corrected chi connectivity index (χ1v) is 11.7. The minimum Gasteiger partial charge on any atom is -0.508 e. The van der Waals surface area contributed by atoms with E-state index >= 15 is 4.39 Å². The largest absolute Gasteiger partial charge is 0.508 e. The van der Waals surface area contributed by atoms with Crippen LogP contribution in [0.4, 0.5) is 13.2 Å². The third-order valence-electron chi connectivity index (χ3n) is 6.24. The van der Waals surface area contributed by atoms with Crippen molar-refractivity contribution in [1.82, 2.24) is 0 Å². The van der Waals surface area contributed by atoms with Crippen LogP contribution in [-0.2, 0) is 12.8 Å². The van der Waals surface area contributed by atoms with Gasteiger partial charge in [-0.25, -0.2) is 13.2 Å². The summed E-state index contributed by atoms with van der Waals surface area (Å²) in [5, 5.41) is 19.4. The van der Waals surface area contributed by atoms with Gasteiger partial charge >= 0.3 is 0 Å². The molecule has 180 valence electrons. The molecule has 1 atom stereocenters. The van der Waals surface area contributed by atoms with Gasteiger partial charge in [-0.15, -0.1) is 0 Å². The van der Waals surface area contributed by atoms with E-state index in [9.17, 15) is 19.0 Å². The molecule has 0 fully saturated rings. The molecule has 0 aliphatic carbocycles. The molecule has 4 aromatic carbocycles. The van der Waals surface area contributed by atoms with E-state index in [4.69, 9.17) is 0 Å². The van der Waals surface area contributed by atoms with Crippen molar-refractivity contribution in [3.8, 4) is 28.0 Å². The normalized spacial score (nSPS) is 12.0. The Hall–Kier alpha value is -3.57. The Morgan fingerprint density at radius 2 is 1.29 bits per heavy atom. The second-order valence-corrected chi connectivity index (χ2v) is 8.69. The monoisotopic (exact) mass is 476 g/mol. The van der Waals surface area contributed by atoms with Gasteiger partial charge in [-0.3, -0.25) is 0 Å². The van der Waals surface area contributed by atoms with Crippen LogP contribution in [0.2, 0.25) is 0 Å². The molecule has 0 bridgehead atoms. The van der Waals surface area contributed by atoms with Crippen LogP contribution in [0.15, 0.2) is 78.9 Å². The van der Waals surface area contributed by atoms with Gasteiger partial charge in [0, 0.05) is 17.2 Å². The van der Waals surface area contributed by atoms with Crippen LogP contribution in [0.25, 0.3) is 22.3 Å². The average Bonchev–Trinajstić information content (AvgIpc) is 2.86. The van der Waals surface area contributed by atoms with Crippen molar-refractivity contribution in [3.63, 3.8) is 0 Å². The van der Waals surface area contributed by atoms with E-state index in [0.717, 1.165) is 23.6 Å². The number of aromatic hydroxyl groups is 1. The van der Waals surface area contributed by atoms with Crippen molar-refractivity contribution < 1.29 is 23.4 Å². The predicted molar refractivity (Wildman–Crippen MR) is 133 cm³/mol. The zero-order valence-electron chi connectivity index (χ0n) is 19.4. The zero-order chi connectivity index (χ0) is 24.9. The highest BCUT2D eigenvalue weighted by Gasteiger charge is 2.16. The van der Waals surface area contributed by atoms with E-state index < -0.39 is 23.6 Å². The second-order valence-electron chi connectivity index (χ2n) is 8.69. The third-order valence-corrected chi connectivity index (χ3v) is 6.24. The molecule has 0 spiro atoms. The molecule has 0 heterocycles. The molecule has 4 rings (SSSR count). The van der Waals surface area contributed by atoms with Crippen LogP contribution >= 0.6 is 0 Å². The molecule has 2 nitrogen and oxygen atoms in total. The summed E-state index contributed by atoms with van der Waals surface area (Å²) in [5.74, 6) is -2.41. The Balaban J connectivity index is 1.50. The first-order chi connectivity index (χ1) is 16.9. The maximum atomic E-state index is 15.0. The van der Waals surface area contributed by atoms with Crippen molar-refractivity contribution in [2.75, 3.05) is 0 Å². The number of aryl methyl sites for hydroxylation is 2. The van der Waals surface area contributed by atoms with Gasteiger partial charge in [-0.05, 0) is 53.1 Å². The topological polar surface area (TPSA) is 40.5 Å². The van der Waals surface area contributed by atoms with E-state index in [1.165, 1.54) is 6.07 Å². The Kier molecular flexibility index (Phi) is 7.57. The summed E-state index contributed by atoms with van der Waals surface area (Å²) < 4.78 is 43.9. The van der Waals surface area contributed by atoms with Gasteiger partial charge in [0.2, 0.25) is 0 Å². The highest BCUT2D eigenvalue weighted by molar-refractivity contribution is 5.72. The molecule has 0 saturated carbocycles. The fraction of sp³-hybridized carbons (Fsp3) is 0.200. The number of phenols is 1. The van der Waals surface area contributed by atoms with Crippen LogP contribution in [-0.4, -0.2) is 10.2 Å². The first kappa shape index (κ1) is 24.6. The lowest BCUT2D eigenvalue weighted by molar-refractivity contribution is 0.166. The van der Waals surface area contributed by atoms with Crippen molar-refractivity contribution in [3.05, 3.63) is 113 Å². The van der Waals surface area contributed by atoms with E-state index in [0.29, 0.717) is 36.0 Å². The SMILES string of the molecule is CCCC(O)c1ccc(-c2ccc(-c3ccc(CCc4ccc(O)cc4F)cc3)c(F)c2F)cc1. The molecule has 0 aromatic heterocycles. The van der Waals surface area contributed by atoms with Crippen LogP contribution in [0, 0.1) is 17.5 Å². The lowest BCUT2D eigenvalue weighted by Gasteiger charge is -2.12. The maximum absolute atomic E-state index is 15.0. The van der Waals surface area contributed by atoms with E-state index in [-0.39, 0.29) is 16.9 Å². The summed E-state index contributed by atoms with van der Waals surface area (Å²) in [6, 6.07) is 21.2. The van der Waals surface area contributed by atoms with E-state index in [2.05, 4.69) is 0 Å². The van der Waals surface area contributed by atoms with E-state index in [1.807, 2.05) is 19.1 Å². The van der Waals surface area contributed by atoms with Crippen LogP contribution < -0.4 is 0 Å². The molecule has 0 aliphatic heterocycles. The number of phenolic OH excluding ortho intramolecular Hbond substituents is 1. The van der Waals surface area contributed by atoms with Gasteiger partial charge in [0.1, 0.15) is 11.6 Å². The quantitative estimate of drug-likeness (QED) is 0.273. The van der Waals surface area contributed by atoms with Crippen LogP contribution in [0.5, 0.6) is 5.75 Å². The molecule has 4 aromatic rings. The average molecular weight is 477 g/mol. The number of halogens is 3. The molecule has 2 N–H and O–H groups in total. The smallest absolute Gasteiger partial charge is 0.167 e. The fourth-order valence-corrected chi connectivity index (χ4v) is 4.19. The van der Waals surface area contributed by atoms with Crippen molar-refractivity contribution in [2.45, 2.75) is 38.7 Å². The Morgan fingerprint density at radius 1 is 0.714 bits per heavy atom. The summed E-state index contributed by atoms with van der Waals surface area (Å²) in [4.78, 5) is 0. The lowest BCUT2D eigenvalue weighted by Crippen LogP contribution is -1.98. The molecule has 0 aliphatic rings. The Bertz CT molecular complexity index is 1300. The summed E-state index contributed by atoms with van der Waals surface area (Å²) in [7, 11) is 0.